The Balaban J connectivity index is 1.38. The van der Waals surface area contributed by atoms with Crippen molar-refractivity contribution in [2.75, 3.05) is 0 Å². The number of nitrogens with zero attached hydrogens (tertiary/aromatic N) is 2. The molecule has 0 radical (unpaired) electrons. The third-order valence-electron chi connectivity index (χ3n) is 8.00. The number of rotatable bonds is 3. The van der Waals surface area contributed by atoms with Gasteiger partial charge < -0.3 is 0 Å². The van der Waals surface area contributed by atoms with E-state index in [0.29, 0.717) is 0 Å². The van der Waals surface area contributed by atoms with E-state index in [-0.39, 0.29) is 0 Å². The van der Waals surface area contributed by atoms with E-state index in [4.69, 9.17) is 9.97 Å². The zero-order valence-corrected chi connectivity index (χ0v) is 20.9. The Morgan fingerprint density at radius 3 is 1.21 bits per heavy atom. The molecular formula is C36H24N2. The summed E-state index contributed by atoms with van der Waals surface area (Å²) in [6, 6.07) is 43.3. The van der Waals surface area contributed by atoms with Gasteiger partial charge in [-0.15, -0.1) is 0 Å². The van der Waals surface area contributed by atoms with Crippen molar-refractivity contribution in [2.45, 2.75) is 12.8 Å². The number of fused-ring (bicyclic) bond motifs is 8. The summed E-state index contributed by atoms with van der Waals surface area (Å²) in [4.78, 5) is 10.3. The standard InChI is InChI=1S/C36H24N2/c1-3-11-25-23(9-1)17-19-31-27(29-13-5-7-15-33(29)37-35(25)31)21-22-28-30-14-6-8-16-34(30)38-36-26-12-4-2-10-24(26)18-20-32(28)36/h1-20H,21-22H2. The van der Waals surface area contributed by atoms with Gasteiger partial charge in [-0.3, -0.25) is 0 Å². The van der Waals surface area contributed by atoms with Gasteiger partial charge in [0.2, 0.25) is 0 Å². The lowest BCUT2D eigenvalue weighted by Crippen LogP contribution is -1.99. The van der Waals surface area contributed by atoms with E-state index in [1.807, 2.05) is 0 Å². The van der Waals surface area contributed by atoms with Crippen LogP contribution in [0.4, 0.5) is 0 Å². The van der Waals surface area contributed by atoms with Crippen molar-refractivity contribution >= 4 is 65.2 Å². The zero-order valence-electron chi connectivity index (χ0n) is 20.9. The highest BCUT2D eigenvalue weighted by Gasteiger charge is 2.15. The fraction of sp³-hybridized carbons (Fsp3) is 0.0556. The molecule has 38 heavy (non-hydrogen) atoms. The third-order valence-corrected chi connectivity index (χ3v) is 8.00. The molecule has 0 spiro atoms. The molecule has 0 aliphatic carbocycles. The lowest BCUT2D eigenvalue weighted by Gasteiger charge is -2.15. The van der Waals surface area contributed by atoms with Crippen molar-refractivity contribution in [3.05, 3.63) is 132 Å². The number of benzene rings is 6. The molecule has 0 aliphatic heterocycles. The maximum Gasteiger partial charge on any atom is 0.0790 e. The largest absolute Gasteiger partial charge is 0.247 e. The van der Waals surface area contributed by atoms with Crippen molar-refractivity contribution in [1.82, 2.24) is 9.97 Å². The van der Waals surface area contributed by atoms with Gasteiger partial charge in [0, 0.05) is 32.3 Å². The van der Waals surface area contributed by atoms with Crippen LogP contribution in [0.15, 0.2) is 121 Å². The van der Waals surface area contributed by atoms with Crippen molar-refractivity contribution < 1.29 is 0 Å². The van der Waals surface area contributed by atoms with Gasteiger partial charge in [-0.1, -0.05) is 109 Å². The second-order valence-corrected chi connectivity index (χ2v) is 10.1. The maximum absolute atomic E-state index is 5.15. The first-order valence-corrected chi connectivity index (χ1v) is 13.2. The number of aryl methyl sites for hydroxylation is 2. The summed E-state index contributed by atoms with van der Waals surface area (Å²) in [6.45, 7) is 0. The Kier molecular flexibility index (Phi) is 4.68. The molecule has 0 saturated carbocycles. The minimum absolute atomic E-state index is 0.924. The van der Waals surface area contributed by atoms with Crippen molar-refractivity contribution in [2.24, 2.45) is 0 Å². The predicted octanol–water partition coefficient (Wildman–Crippen LogP) is 9.18. The lowest BCUT2D eigenvalue weighted by atomic mass is 9.91. The summed E-state index contributed by atoms with van der Waals surface area (Å²) < 4.78 is 0. The minimum Gasteiger partial charge on any atom is -0.247 e. The van der Waals surface area contributed by atoms with Crippen molar-refractivity contribution in [3.8, 4) is 0 Å². The average Bonchev–Trinajstić information content (AvgIpc) is 2.98. The van der Waals surface area contributed by atoms with Crippen LogP contribution in [0.3, 0.4) is 0 Å². The number of aromatic nitrogens is 2. The highest BCUT2D eigenvalue weighted by molar-refractivity contribution is 6.12. The molecule has 178 valence electrons. The van der Waals surface area contributed by atoms with Gasteiger partial charge in [0.15, 0.2) is 0 Å². The van der Waals surface area contributed by atoms with E-state index in [2.05, 4.69) is 121 Å². The van der Waals surface area contributed by atoms with Crippen LogP contribution in [0.2, 0.25) is 0 Å². The van der Waals surface area contributed by atoms with Crippen molar-refractivity contribution in [3.63, 3.8) is 0 Å². The molecule has 2 heterocycles. The lowest BCUT2D eigenvalue weighted by molar-refractivity contribution is 0.993. The van der Waals surface area contributed by atoms with Crippen LogP contribution in [0, 0.1) is 0 Å². The first kappa shape index (κ1) is 21.3. The Labute approximate surface area is 220 Å². The van der Waals surface area contributed by atoms with Crippen LogP contribution in [0.25, 0.3) is 65.2 Å². The molecular weight excluding hydrogens is 460 g/mol. The third kappa shape index (κ3) is 3.20. The van der Waals surface area contributed by atoms with Crippen LogP contribution < -0.4 is 0 Å². The summed E-state index contributed by atoms with van der Waals surface area (Å²) in [5.74, 6) is 0. The summed E-state index contributed by atoms with van der Waals surface area (Å²) in [7, 11) is 0. The predicted molar refractivity (Wildman–Crippen MR) is 161 cm³/mol. The van der Waals surface area contributed by atoms with E-state index >= 15 is 0 Å². The Morgan fingerprint density at radius 2 is 0.737 bits per heavy atom. The summed E-state index contributed by atoms with van der Waals surface area (Å²) in [5, 5.41) is 9.85. The van der Waals surface area contributed by atoms with Gasteiger partial charge in [0.05, 0.1) is 22.1 Å². The normalized spacial score (nSPS) is 11.9. The number of para-hydroxylation sites is 2. The monoisotopic (exact) mass is 484 g/mol. The molecule has 2 aromatic heterocycles. The second-order valence-electron chi connectivity index (χ2n) is 10.1. The van der Waals surface area contributed by atoms with Crippen LogP contribution in [0.1, 0.15) is 11.1 Å². The van der Waals surface area contributed by atoms with Gasteiger partial charge >= 0.3 is 0 Å². The molecule has 0 unspecified atom stereocenters. The smallest absolute Gasteiger partial charge is 0.0790 e. The molecule has 2 nitrogen and oxygen atoms in total. The number of hydrogen-bond acceptors (Lipinski definition) is 2. The Morgan fingerprint density at radius 1 is 0.342 bits per heavy atom. The Hall–Kier alpha value is -4.82. The quantitative estimate of drug-likeness (QED) is 0.184. The molecule has 0 saturated heterocycles. The molecule has 0 aliphatic rings. The highest BCUT2D eigenvalue weighted by Crippen LogP contribution is 2.35. The fourth-order valence-corrected chi connectivity index (χ4v) is 6.21. The Bertz CT molecular complexity index is 2030. The minimum atomic E-state index is 0.924. The van der Waals surface area contributed by atoms with E-state index < -0.39 is 0 Å². The van der Waals surface area contributed by atoms with E-state index in [9.17, 15) is 0 Å². The summed E-state index contributed by atoms with van der Waals surface area (Å²) in [5.41, 5.74) is 7.03. The molecule has 8 aromatic rings. The van der Waals surface area contributed by atoms with E-state index in [0.717, 1.165) is 34.9 Å². The van der Waals surface area contributed by atoms with E-state index in [1.165, 1.54) is 54.2 Å². The molecule has 8 rings (SSSR count). The van der Waals surface area contributed by atoms with Gasteiger partial charge in [-0.05, 0) is 46.9 Å². The van der Waals surface area contributed by atoms with Crippen molar-refractivity contribution in [1.29, 1.82) is 0 Å². The van der Waals surface area contributed by atoms with E-state index in [1.54, 1.807) is 0 Å². The van der Waals surface area contributed by atoms with Crippen LogP contribution in [-0.4, -0.2) is 9.97 Å². The van der Waals surface area contributed by atoms with Crippen LogP contribution >= 0.6 is 0 Å². The zero-order chi connectivity index (χ0) is 25.1. The average molecular weight is 485 g/mol. The van der Waals surface area contributed by atoms with Gasteiger partial charge in [0.25, 0.3) is 0 Å². The first-order valence-electron chi connectivity index (χ1n) is 13.2. The topological polar surface area (TPSA) is 25.8 Å². The molecule has 0 bridgehead atoms. The van der Waals surface area contributed by atoms with Gasteiger partial charge in [-0.25, -0.2) is 9.97 Å². The molecule has 0 fully saturated rings. The maximum atomic E-state index is 5.15. The fourth-order valence-electron chi connectivity index (χ4n) is 6.21. The molecule has 0 N–H and O–H groups in total. The SMILES string of the molecule is c1ccc2c(c1)ccc1c(CCc3c4ccccc4nc4c3ccc3ccccc34)c3ccccc3nc12. The molecule has 6 aromatic carbocycles. The second kappa shape index (κ2) is 8.36. The molecule has 0 amide bonds. The summed E-state index contributed by atoms with van der Waals surface area (Å²) in [6.07, 6.45) is 1.85. The molecule has 0 atom stereocenters. The molecule has 2 heteroatoms. The number of pyridine rings is 2. The van der Waals surface area contributed by atoms with Gasteiger partial charge in [0.1, 0.15) is 0 Å². The summed E-state index contributed by atoms with van der Waals surface area (Å²) >= 11 is 0. The first-order chi connectivity index (χ1) is 18.8. The highest BCUT2D eigenvalue weighted by atomic mass is 14.7. The number of hydrogen-bond donors (Lipinski definition) is 0. The van der Waals surface area contributed by atoms with Crippen LogP contribution in [0.5, 0.6) is 0 Å². The van der Waals surface area contributed by atoms with Crippen LogP contribution in [-0.2, 0) is 12.8 Å². The van der Waals surface area contributed by atoms with Gasteiger partial charge in [-0.2, -0.15) is 0 Å².